The summed E-state index contributed by atoms with van der Waals surface area (Å²) in [6, 6.07) is 9.88. The Hall–Kier alpha value is -2.73. The molecular weight excluding hydrogens is 321 g/mol. The van der Waals surface area contributed by atoms with E-state index < -0.39 is 11.7 Å². The van der Waals surface area contributed by atoms with Crippen LogP contribution in [0.4, 0.5) is 4.39 Å². The second kappa shape index (κ2) is 7.90. The van der Waals surface area contributed by atoms with Gasteiger partial charge in [-0.15, -0.1) is 0 Å². The first kappa shape index (κ1) is 17.1. The lowest BCUT2D eigenvalue weighted by Crippen LogP contribution is -2.26. The number of halogens is 1. The first-order valence-electron chi connectivity index (χ1n) is 8.15. The monoisotopic (exact) mass is 341 g/mol. The zero-order chi connectivity index (χ0) is 17.6. The van der Waals surface area contributed by atoms with E-state index in [2.05, 4.69) is 10.3 Å². The second-order valence-corrected chi connectivity index (χ2v) is 5.70. The number of nitrogens with one attached hydrogen (secondary N) is 1. The van der Waals surface area contributed by atoms with Gasteiger partial charge in [0.05, 0.1) is 12.2 Å². The van der Waals surface area contributed by atoms with Crippen molar-refractivity contribution in [1.29, 1.82) is 0 Å². The molecule has 2 heterocycles. The zero-order valence-corrected chi connectivity index (χ0v) is 14.0. The summed E-state index contributed by atoms with van der Waals surface area (Å²) in [4.78, 5) is 16.5. The van der Waals surface area contributed by atoms with E-state index in [0.29, 0.717) is 26.1 Å². The molecule has 130 valence electrons. The SMILES string of the molecule is COCCn1cc(CCNC(=O)c2ccccc2F)c2cccnc21. The maximum atomic E-state index is 13.6. The number of pyridine rings is 1. The van der Waals surface area contributed by atoms with Crippen LogP contribution in [0.15, 0.2) is 48.8 Å². The highest BCUT2D eigenvalue weighted by Crippen LogP contribution is 2.19. The van der Waals surface area contributed by atoms with Gasteiger partial charge in [-0.2, -0.15) is 0 Å². The van der Waals surface area contributed by atoms with Crippen molar-refractivity contribution in [3.8, 4) is 0 Å². The number of benzene rings is 1. The van der Waals surface area contributed by atoms with Crippen LogP contribution in [0.5, 0.6) is 0 Å². The van der Waals surface area contributed by atoms with Crippen molar-refractivity contribution in [3.05, 3.63) is 65.7 Å². The number of carbonyl (C=O) groups excluding carboxylic acids is 1. The Labute approximate surface area is 145 Å². The molecule has 1 aromatic carbocycles. The minimum Gasteiger partial charge on any atom is -0.383 e. The minimum atomic E-state index is -0.514. The molecule has 0 unspecified atom stereocenters. The van der Waals surface area contributed by atoms with Crippen molar-refractivity contribution < 1.29 is 13.9 Å². The van der Waals surface area contributed by atoms with Gasteiger partial charge in [0.25, 0.3) is 5.91 Å². The molecule has 0 saturated heterocycles. The van der Waals surface area contributed by atoms with E-state index in [1.165, 1.54) is 12.1 Å². The Balaban J connectivity index is 1.69. The first-order chi connectivity index (χ1) is 12.2. The van der Waals surface area contributed by atoms with Gasteiger partial charge in [0.15, 0.2) is 0 Å². The number of carbonyl (C=O) groups is 1. The van der Waals surface area contributed by atoms with Crippen molar-refractivity contribution in [1.82, 2.24) is 14.9 Å². The number of hydrogen-bond donors (Lipinski definition) is 1. The molecule has 0 saturated carbocycles. The van der Waals surface area contributed by atoms with Crippen LogP contribution in [0.25, 0.3) is 11.0 Å². The maximum Gasteiger partial charge on any atom is 0.254 e. The average Bonchev–Trinajstić information content (AvgIpc) is 2.98. The highest BCUT2D eigenvalue weighted by molar-refractivity contribution is 5.94. The van der Waals surface area contributed by atoms with E-state index in [1.54, 1.807) is 25.4 Å². The molecule has 6 heteroatoms. The summed E-state index contributed by atoms with van der Waals surface area (Å²) >= 11 is 0. The molecule has 0 fully saturated rings. The summed E-state index contributed by atoms with van der Waals surface area (Å²) in [5, 5.41) is 3.83. The van der Waals surface area contributed by atoms with Crippen LogP contribution >= 0.6 is 0 Å². The highest BCUT2D eigenvalue weighted by Gasteiger charge is 2.12. The Morgan fingerprint density at radius 2 is 2.12 bits per heavy atom. The Morgan fingerprint density at radius 3 is 2.92 bits per heavy atom. The van der Waals surface area contributed by atoms with Crippen molar-refractivity contribution >= 4 is 16.9 Å². The summed E-state index contributed by atoms with van der Waals surface area (Å²) in [7, 11) is 1.66. The molecule has 0 bridgehead atoms. The quantitative estimate of drug-likeness (QED) is 0.719. The lowest BCUT2D eigenvalue weighted by atomic mass is 10.1. The normalized spacial score (nSPS) is 11.0. The standard InChI is InChI=1S/C19H20FN3O2/c1-25-12-11-23-13-14(15-6-4-9-21-18(15)23)8-10-22-19(24)16-5-2-3-7-17(16)20/h2-7,9,13H,8,10-12H2,1H3,(H,22,24). The van der Waals surface area contributed by atoms with Crippen molar-refractivity contribution in [2.45, 2.75) is 13.0 Å². The van der Waals surface area contributed by atoms with Gasteiger partial charge in [0, 0.05) is 38.0 Å². The van der Waals surface area contributed by atoms with Crippen LogP contribution in [-0.4, -0.2) is 35.7 Å². The van der Waals surface area contributed by atoms with E-state index in [9.17, 15) is 9.18 Å². The fraction of sp³-hybridized carbons (Fsp3) is 0.263. The lowest BCUT2D eigenvalue weighted by molar-refractivity contribution is 0.0950. The topological polar surface area (TPSA) is 56.1 Å². The molecule has 1 N–H and O–H groups in total. The van der Waals surface area contributed by atoms with Gasteiger partial charge in [-0.3, -0.25) is 4.79 Å². The van der Waals surface area contributed by atoms with Crippen LogP contribution in [0.1, 0.15) is 15.9 Å². The number of nitrogens with zero attached hydrogens (tertiary/aromatic N) is 2. The number of methoxy groups -OCH3 is 1. The maximum absolute atomic E-state index is 13.6. The fourth-order valence-electron chi connectivity index (χ4n) is 2.81. The number of rotatable bonds is 7. The number of hydrogen-bond acceptors (Lipinski definition) is 3. The number of amides is 1. The number of fused-ring (bicyclic) bond motifs is 1. The molecule has 0 spiro atoms. The summed E-state index contributed by atoms with van der Waals surface area (Å²) in [5.41, 5.74) is 2.05. The second-order valence-electron chi connectivity index (χ2n) is 5.70. The van der Waals surface area contributed by atoms with E-state index in [4.69, 9.17) is 4.74 Å². The highest BCUT2D eigenvalue weighted by atomic mass is 19.1. The molecule has 5 nitrogen and oxygen atoms in total. The molecule has 2 aromatic heterocycles. The van der Waals surface area contributed by atoms with Crippen LogP contribution in [-0.2, 0) is 17.7 Å². The van der Waals surface area contributed by atoms with E-state index in [0.717, 1.165) is 16.6 Å². The predicted octanol–water partition coefficient (Wildman–Crippen LogP) is 2.79. The van der Waals surface area contributed by atoms with Crippen molar-refractivity contribution in [2.75, 3.05) is 20.3 Å². The Bertz CT molecular complexity index is 876. The van der Waals surface area contributed by atoms with Crippen LogP contribution in [0.2, 0.25) is 0 Å². The Morgan fingerprint density at radius 1 is 1.28 bits per heavy atom. The molecule has 0 aliphatic rings. The largest absolute Gasteiger partial charge is 0.383 e. The van der Waals surface area contributed by atoms with Crippen molar-refractivity contribution in [3.63, 3.8) is 0 Å². The van der Waals surface area contributed by atoms with Gasteiger partial charge in [-0.1, -0.05) is 12.1 Å². The van der Waals surface area contributed by atoms with Gasteiger partial charge in [0.1, 0.15) is 11.5 Å². The van der Waals surface area contributed by atoms with E-state index in [1.807, 2.05) is 22.9 Å². The molecular formula is C19H20FN3O2. The summed E-state index contributed by atoms with van der Waals surface area (Å²) in [5.74, 6) is -0.917. The molecule has 0 atom stereocenters. The molecule has 0 aliphatic heterocycles. The summed E-state index contributed by atoms with van der Waals surface area (Å²) in [6.07, 6.45) is 4.43. The van der Waals surface area contributed by atoms with Gasteiger partial charge >= 0.3 is 0 Å². The molecule has 1 amide bonds. The van der Waals surface area contributed by atoms with Gasteiger partial charge in [0.2, 0.25) is 0 Å². The van der Waals surface area contributed by atoms with Gasteiger partial charge < -0.3 is 14.6 Å². The molecule has 25 heavy (non-hydrogen) atoms. The Kier molecular flexibility index (Phi) is 5.40. The van der Waals surface area contributed by atoms with Crippen LogP contribution < -0.4 is 5.32 Å². The number of ether oxygens (including phenoxy) is 1. The third-order valence-corrected chi connectivity index (χ3v) is 4.05. The van der Waals surface area contributed by atoms with Gasteiger partial charge in [-0.25, -0.2) is 9.37 Å². The van der Waals surface area contributed by atoms with Gasteiger partial charge in [-0.05, 0) is 36.2 Å². The van der Waals surface area contributed by atoms with E-state index >= 15 is 0 Å². The molecule has 0 radical (unpaired) electrons. The third-order valence-electron chi connectivity index (χ3n) is 4.05. The lowest BCUT2D eigenvalue weighted by Gasteiger charge is -2.05. The minimum absolute atomic E-state index is 0.0617. The summed E-state index contributed by atoms with van der Waals surface area (Å²) in [6.45, 7) is 1.74. The van der Waals surface area contributed by atoms with Crippen LogP contribution in [0, 0.1) is 5.82 Å². The van der Waals surface area contributed by atoms with Crippen LogP contribution in [0.3, 0.4) is 0 Å². The molecule has 3 aromatic rings. The van der Waals surface area contributed by atoms with E-state index in [-0.39, 0.29) is 5.56 Å². The molecule has 0 aliphatic carbocycles. The zero-order valence-electron chi connectivity index (χ0n) is 14.0. The smallest absolute Gasteiger partial charge is 0.254 e. The van der Waals surface area contributed by atoms with Crippen molar-refractivity contribution in [2.24, 2.45) is 0 Å². The predicted molar refractivity (Wildman–Crippen MR) is 94.0 cm³/mol. The fourth-order valence-corrected chi connectivity index (χ4v) is 2.81. The number of aromatic nitrogens is 2. The first-order valence-corrected chi connectivity index (χ1v) is 8.15. The summed E-state index contributed by atoms with van der Waals surface area (Å²) < 4.78 is 20.8. The molecule has 3 rings (SSSR count). The average molecular weight is 341 g/mol. The third kappa shape index (κ3) is 3.85.